The zero-order valence-corrected chi connectivity index (χ0v) is 11.8. The van der Waals surface area contributed by atoms with Gasteiger partial charge in [0.15, 0.2) is 0 Å². The summed E-state index contributed by atoms with van der Waals surface area (Å²) in [6.45, 7) is 3.98. The van der Waals surface area contributed by atoms with Crippen molar-refractivity contribution in [1.82, 2.24) is 0 Å². The minimum atomic E-state index is -0.933. The van der Waals surface area contributed by atoms with Crippen molar-refractivity contribution in [2.75, 3.05) is 0 Å². The van der Waals surface area contributed by atoms with Gasteiger partial charge in [0.1, 0.15) is 11.9 Å². The Labute approximate surface area is 114 Å². The molecule has 0 aromatic heterocycles. The molecule has 94 valence electrons. The van der Waals surface area contributed by atoms with Crippen molar-refractivity contribution in [2.24, 2.45) is 0 Å². The van der Waals surface area contributed by atoms with Crippen LogP contribution in [0.1, 0.15) is 28.4 Å². The lowest BCUT2D eigenvalue weighted by molar-refractivity contribution is 0.215. The van der Waals surface area contributed by atoms with Gasteiger partial charge >= 0.3 is 0 Å². The summed E-state index contributed by atoms with van der Waals surface area (Å²) in [5.74, 6) is -0.407. The van der Waals surface area contributed by atoms with E-state index in [1.54, 1.807) is 12.1 Å². The van der Waals surface area contributed by atoms with Gasteiger partial charge in [0.05, 0.1) is 0 Å². The van der Waals surface area contributed by atoms with Crippen molar-refractivity contribution >= 4 is 15.9 Å². The Hall–Kier alpha value is -1.19. The lowest BCUT2D eigenvalue weighted by Gasteiger charge is -2.14. The third-order valence-electron chi connectivity index (χ3n) is 3.10. The number of aliphatic hydroxyl groups excluding tert-OH is 1. The third-order valence-corrected chi connectivity index (χ3v) is 3.60. The molecular weight excluding hydrogens is 295 g/mol. The highest BCUT2D eigenvalue weighted by molar-refractivity contribution is 9.10. The van der Waals surface area contributed by atoms with Crippen molar-refractivity contribution in [2.45, 2.75) is 20.0 Å². The van der Waals surface area contributed by atoms with E-state index in [0.717, 1.165) is 11.1 Å². The predicted octanol–water partition coefficient (Wildman–Crippen LogP) is 4.29. The standard InChI is InChI=1S/C15H14BrFO/c1-9-3-4-11(7-10(9)2)15(18)13-6-5-12(16)8-14(13)17/h3-8,15,18H,1-2H3. The first-order chi connectivity index (χ1) is 8.49. The van der Waals surface area contributed by atoms with E-state index in [1.165, 1.54) is 6.07 Å². The lowest BCUT2D eigenvalue weighted by atomic mass is 9.98. The number of hydrogen-bond donors (Lipinski definition) is 1. The summed E-state index contributed by atoms with van der Waals surface area (Å²) in [6.07, 6.45) is -0.933. The summed E-state index contributed by atoms with van der Waals surface area (Å²) < 4.78 is 14.4. The Kier molecular flexibility index (Phi) is 3.83. The maximum absolute atomic E-state index is 13.8. The molecule has 0 bridgehead atoms. The molecule has 0 amide bonds. The number of aryl methyl sites for hydroxylation is 2. The van der Waals surface area contributed by atoms with E-state index >= 15 is 0 Å². The maximum atomic E-state index is 13.8. The van der Waals surface area contributed by atoms with E-state index < -0.39 is 11.9 Å². The van der Waals surface area contributed by atoms with Crippen molar-refractivity contribution in [3.8, 4) is 0 Å². The SMILES string of the molecule is Cc1ccc(C(O)c2ccc(Br)cc2F)cc1C. The number of hydrogen-bond acceptors (Lipinski definition) is 1. The van der Waals surface area contributed by atoms with E-state index in [0.29, 0.717) is 15.6 Å². The third kappa shape index (κ3) is 2.62. The Balaban J connectivity index is 2.41. The van der Waals surface area contributed by atoms with Crippen molar-refractivity contribution in [1.29, 1.82) is 0 Å². The highest BCUT2D eigenvalue weighted by Gasteiger charge is 2.15. The van der Waals surface area contributed by atoms with Crippen LogP contribution in [-0.4, -0.2) is 5.11 Å². The molecule has 0 aliphatic rings. The van der Waals surface area contributed by atoms with Gasteiger partial charge in [0, 0.05) is 10.0 Å². The average Bonchev–Trinajstić information content (AvgIpc) is 2.32. The van der Waals surface area contributed by atoms with Crippen molar-refractivity contribution in [3.05, 3.63) is 68.9 Å². The normalized spacial score (nSPS) is 12.5. The zero-order valence-electron chi connectivity index (χ0n) is 10.2. The molecule has 0 radical (unpaired) electrons. The van der Waals surface area contributed by atoms with Gasteiger partial charge in [0.2, 0.25) is 0 Å². The molecule has 0 spiro atoms. The first-order valence-corrected chi connectivity index (χ1v) is 6.48. The van der Waals surface area contributed by atoms with Gasteiger partial charge in [0.25, 0.3) is 0 Å². The number of rotatable bonds is 2. The van der Waals surface area contributed by atoms with Crippen LogP contribution in [0.15, 0.2) is 40.9 Å². The second-order valence-corrected chi connectivity index (χ2v) is 5.33. The van der Waals surface area contributed by atoms with Crippen LogP contribution in [0.4, 0.5) is 4.39 Å². The van der Waals surface area contributed by atoms with Gasteiger partial charge in [-0.25, -0.2) is 4.39 Å². The van der Waals surface area contributed by atoms with Crippen LogP contribution < -0.4 is 0 Å². The second-order valence-electron chi connectivity index (χ2n) is 4.41. The second kappa shape index (κ2) is 5.21. The molecule has 1 unspecified atom stereocenters. The zero-order chi connectivity index (χ0) is 13.3. The van der Waals surface area contributed by atoms with Crippen LogP contribution in [0.3, 0.4) is 0 Å². The fourth-order valence-corrected chi connectivity index (χ4v) is 2.17. The molecule has 3 heteroatoms. The minimum absolute atomic E-state index is 0.293. The summed E-state index contributed by atoms with van der Waals surface area (Å²) in [6, 6.07) is 10.3. The molecule has 0 saturated carbocycles. The number of halogens is 2. The molecule has 2 aromatic rings. The van der Waals surface area contributed by atoms with Crippen LogP contribution in [0.2, 0.25) is 0 Å². The first-order valence-electron chi connectivity index (χ1n) is 5.69. The van der Waals surface area contributed by atoms with Crippen molar-refractivity contribution < 1.29 is 9.50 Å². The minimum Gasteiger partial charge on any atom is -0.384 e. The van der Waals surface area contributed by atoms with E-state index in [2.05, 4.69) is 15.9 Å². The highest BCUT2D eigenvalue weighted by Crippen LogP contribution is 2.27. The molecule has 1 atom stereocenters. The summed E-state index contributed by atoms with van der Waals surface area (Å²) >= 11 is 3.20. The predicted molar refractivity (Wildman–Crippen MR) is 74.1 cm³/mol. The van der Waals surface area contributed by atoms with Crippen LogP contribution in [0.25, 0.3) is 0 Å². The van der Waals surface area contributed by atoms with Crippen LogP contribution in [0.5, 0.6) is 0 Å². The Bertz CT molecular complexity index is 581. The molecule has 0 fully saturated rings. The molecular formula is C15H14BrFO. The van der Waals surface area contributed by atoms with Crippen molar-refractivity contribution in [3.63, 3.8) is 0 Å². The van der Waals surface area contributed by atoms with Crippen LogP contribution >= 0.6 is 15.9 Å². The largest absolute Gasteiger partial charge is 0.384 e. The van der Waals surface area contributed by atoms with Gasteiger partial charge < -0.3 is 5.11 Å². The molecule has 1 nitrogen and oxygen atoms in total. The average molecular weight is 309 g/mol. The fourth-order valence-electron chi connectivity index (χ4n) is 1.84. The topological polar surface area (TPSA) is 20.2 Å². The Morgan fingerprint density at radius 2 is 1.78 bits per heavy atom. The fraction of sp³-hybridized carbons (Fsp3) is 0.200. The van der Waals surface area contributed by atoms with Gasteiger partial charge in [-0.1, -0.05) is 40.2 Å². The monoisotopic (exact) mass is 308 g/mol. The van der Waals surface area contributed by atoms with Crippen LogP contribution in [0, 0.1) is 19.7 Å². The Morgan fingerprint density at radius 3 is 2.39 bits per heavy atom. The highest BCUT2D eigenvalue weighted by atomic mass is 79.9. The Morgan fingerprint density at radius 1 is 1.06 bits per heavy atom. The number of benzene rings is 2. The van der Waals surface area contributed by atoms with Gasteiger partial charge in [-0.2, -0.15) is 0 Å². The molecule has 1 N–H and O–H groups in total. The molecule has 0 aliphatic carbocycles. The summed E-state index contributed by atoms with van der Waals surface area (Å²) in [7, 11) is 0. The van der Waals surface area contributed by atoms with Crippen LogP contribution in [-0.2, 0) is 0 Å². The molecule has 0 saturated heterocycles. The van der Waals surface area contributed by atoms with Gasteiger partial charge in [-0.05, 0) is 42.7 Å². The van der Waals surface area contributed by atoms with E-state index in [1.807, 2.05) is 32.0 Å². The smallest absolute Gasteiger partial charge is 0.130 e. The summed E-state index contributed by atoms with van der Waals surface area (Å²) in [4.78, 5) is 0. The van der Waals surface area contributed by atoms with E-state index in [-0.39, 0.29) is 0 Å². The molecule has 2 rings (SSSR count). The maximum Gasteiger partial charge on any atom is 0.130 e. The summed E-state index contributed by atoms with van der Waals surface area (Å²) in [5.41, 5.74) is 3.24. The lowest BCUT2D eigenvalue weighted by Crippen LogP contribution is -2.03. The summed E-state index contributed by atoms with van der Waals surface area (Å²) in [5, 5.41) is 10.2. The molecule has 18 heavy (non-hydrogen) atoms. The molecule has 2 aromatic carbocycles. The van der Waals surface area contributed by atoms with E-state index in [4.69, 9.17) is 0 Å². The number of aliphatic hydroxyl groups is 1. The van der Waals surface area contributed by atoms with E-state index in [9.17, 15) is 9.50 Å². The first kappa shape index (κ1) is 13.2. The molecule has 0 heterocycles. The quantitative estimate of drug-likeness (QED) is 0.877. The van der Waals surface area contributed by atoms with Gasteiger partial charge in [-0.15, -0.1) is 0 Å². The molecule has 0 aliphatic heterocycles. The van der Waals surface area contributed by atoms with Gasteiger partial charge in [-0.3, -0.25) is 0 Å².